The Kier molecular flexibility index (Phi) is 4.72. The Morgan fingerprint density at radius 1 is 1.21 bits per heavy atom. The van der Waals surface area contributed by atoms with Gasteiger partial charge in [-0.05, 0) is 44.2 Å². The quantitative estimate of drug-likeness (QED) is 0.750. The van der Waals surface area contributed by atoms with E-state index in [0.29, 0.717) is 38.2 Å². The maximum absolute atomic E-state index is 13.8. The number of carbonyl (C=O) groups is 3. The van der Waals surface area contributed by atoms with Crippen LogP contribution in [0.3, 0.4) is 0 Å². The largest absolute Gasteiger partial charge is 0.368 e. The van der Waals surface area contributed by atoms with E-state index in [9.17, 15) is 18.8 Å². The number of hydrogen-bond acceptors (Lipinski definition) is 4. The van der Waals surface area contributed by atoms with E-state index in [1.54, 1.807) is 17.9 Å². The molecule has 2 aliphatic heterocycles. The average Bonchev–Trinajstić information content (AvgIpc) is 3.48. The second-order valence-electron chi connectivity index (χ2n) is 7.91. The number of anilines is 1. The maximum atomic E-state index is 13.8. The van der Waals surface area contributed by atoms with E-state index in [0.717, 1.165) is 18.5 Å². The van der Waals surface area contributed by atoms with Crippen LogP contribution in [0, 0.1) is 18.7 Å². The standard InChI is InChI=1S/C20H25FN4O3/c1-13-15(21)3-2-4-16(13)24-9-11-25(12-10-24)17(26)7-8-20(14-5-6-14)18(27)22-19(28)23-20/h2-4,14H,5-12H2,1H3,(H2,22,23,27,28). The van der Waals surface area contributed by atoms with Crippen molar-refractivity contribution in [3.05, 3.63) is 29.6 Å². The van der Waals surface area contributed by atoms with Crippen LogP contribution in [-0.4, -0.2) is 54.5 Å². The van der Waals surface area contributed by atoms with Gasteiger partial charge in [-0.15, -0.1) is 0 Å². The number of rotatable bonds is 5. The van der Waals surface area contributed by atoms with Crippen molar-refractivity contribution in [2.75, 3.05) is 31.1 Å². The molecule has 8 heteroatoms. The van der Waals surface area contributed by atoms with Crippen LogP contribution in [0.4, 0.5) is 14.9 Å². The number of hydrogen-bond donors (Lipinski definition) is 2. The first-order valence-electron chi connectivity index (χ1n) is 9.82. The molecule has 0 bridgehead atoms. The number of amides is 4. The number of benzene rings is 1. The van der Waals surface area contributed by atoms with Crippen molar-refractivity contribution in [2.24, 2.45) is 5.92 Å². The molecule has 28 heavy (non-hydrogen) atoms. The topological polar surface area (TPSA) is 81.8 Å². The molecule has 0 spiro atoms. The van der Waals surface area contributed by atoms with Gasteiger partial charge in [0.2, 0.25) is 5.91 Å². The third kappa shape index (κ3) is 3.31. The molecule has 2 saturated heterocycles. The summed E-state index contributed by atoms with van der Waals surface area (Å²) < 4.78 is 13.8. The summed E-state index contributed by atoms with van der Waals surface area (Å²) in [6, 6.07) is 4.58. The van der Waals surface area contributed by atoms with Gasteiger partial charge in [-0.3, -0.25) is 14.9 Å². The summed E-state index contributed by atoms with van der Waals surface area (Å²) >= 11 is 0. The van der Waals surface area contributed by atoms with Gasteiger partial charge in [-0.2, -0.15) is 0 Å². The number of piperazine rings is 1. The zero-order valence-corrected chi connectivity index (χ0v) is 16.0. The van der Waals surface area contributed by atoms with Gasteiger partial charge in [-0.25, -0.2) is 9.18 Å². The third-order valence-corrected chi connectivity index (χ3v) is 6.19. The first-order chi connectivity index (χ1) is 13.4. The molecular weight excluding hydrogens is 363 g/mol. The molecule has 1 aromatic carbocycles. The molecule has 150 valence electrons. The average molecular weight is 388 g/mol. The highest BCUT2D eigenvalue weighted by atomic mass is 19.1. The lowest BCUT2D eigenvalue weighted by atomic mass is 9.87. The van der Waals surface area contributed by atoms with Gasteiger partial charge < -0.3 is 15.1 Å². The van der Waals surface area contributed by atoms with Crippen LogP contribution in [0.2, 0.25) is 0 Å². The summed E-state index contributed by atoms with van der Waals surface area (Å²) in [5.41, 5.74) is 0.564. The van der Waals surface area contributed by atoms with Crippen LogP contribution in [0.5, 0.6) is 0 Å². The number of carbonyl (C=O) groups excluding carboxylic acids is 3. The first kappa shape index (κ1) is 18.7. The van der Waals surface area contributed by atoms with E-state index in [2.05, 4.69) is 15.5 Å². The Balaban J connectivity index is 1.34. The molecule has 3 fully saturated rings. The van der Waals surface area contributed by atoms with Gasteiger partial charge in [0.25, 0.3) is 5.91 Å². The molecule has 4 rings (SSSR count). The highest BCUT2D eigenvalue weighted by Gasteiger charge is 2.55. The summed E-state index contributed by atoms with van der Waals surface area (Å²) in [5.74, 6) is -0.415. The molecule has 1 saturated carbocycles. The Labute approximate surface area is 163 Å². The molecule has 1 aromatic rings. The minimum Gasteiger partial charge on any atom is -0.368 e. The van der Waals surface area contributed by atoms with Gasteiger partial charge in [0.05, 0.1) is 0 Å². The Morgan fingerprint density at radius 2 is 1.93 bits per heavy atom. The lowest BCUT2D eigenvalue weighted by molar-refractivity contribution is -0.132. The van der Waals surface area contributed by atoms with E-state index in [1.807, 2.05) is 6.07 Å². The fourth-order valence-corrected chi connectivity index (χ4v) is 4.35. The van der Waals surface area contributed by atoms with Gasteiger partial charge in [0.1, 0.15) is 11.4 Å². The van der Waals surface area contributed by atoms with Crippen molar-refractivity contribution >= 4 is 23.5 Å². The van der Waals surface area contributed by atoms with Gasteiger partial charge in [0.15, 0.2) is 0 Å². The molecule has 1 atom stereocenters. The summed E-state index contributed by atoms with van der Waals surface area (Å²) in [7, 11) is 0. The minimum atomic E-state index is -0.923. The van der Waals surface area contributed by atoms with Crippen LogP contribution in [0.25, 0.3) is 0 Å². The highest BCUT2D eigenvalue weighted by molar-refractivity contribution is 6.07. The van der Waals surface area contributed by atoms with Crippen molar-refractivity contribution in [3.63, 3.8) is 0 Å². The SMILES string of the molecule is Cc1c(F)cccc1N1CCN(C(=O)CCC2(C3CC3)NC(=O)NC2=O)CC1. The number of halogens is 1. The molecule has 0 radical (unpaired) electrons. The van der Waals surface area contributed by atoms with Crippen molar-refractivity contribution in [1.82, 2.24) is 15.5 Å². The number of urea groups is 1. The van der Waals surface area contributed by atoms with E-state index in [4.69, 9.17) is 0 Å². The van der Waals surface area contributed by atoms with Crippen LogP contribution in [0.15, 0.2) is 18.2 Å². The number of imide groups is 1. The zero-order valence-electron chi connectivity index (χ0n) is 16.0. The van der Waals surface area contributed by atoms with Crippen molar-refractivity contribution in [3.8, 4) is 0 Å². The fraction of sp³-hybridized carbons (Fsp3) is 0.550. The Morgan fingerprint density at radius 3 is 2.54 bits per heavy atom. The summed E-state index contributed by atoms with van der Waals surface area (Å²) in [5, 5.41) is 5.08. The summed E-state index contributed by atoms with van der Waals surface area (Å²) in [4.78, 5) is 40.5. The van der Waals surface area contributed by atoms with E-state index < -0.39 is 11.6 Å². The van der Waals surface area contributed by atoms with E-state index >= 15 is 0 Å². The normalized spacial score (nSPS) is 24.9. The lowest BCUT2D eigenvalue weighted by Crippen LogP contribution is -2.52. The van der Waals surface area contributed by atoms with Gasteiger partial charge in [0, 0.05) is 43.9 Å². The van der Waals surface area contributed by atoms with Crippen LogP contribution in [-0.2, 0) is 9.59 Å². The lowest BCUT2D eigenvalue weighted by Gasteiger charge is -2.37. The second-order valence-corrected chi connectivity index (χ2v) is 7.91. The Hall–Kier alpha value is -2.64. The third-order valence-electron chi connectivity index (χ3n) is 6.19. The maximum Gasteiger partial charge on any atom is 0.322 e. The molecule has 3 aliphatic rings. The molecule has 2 heterocycles. The number of nitrogens with zero attached hydrogens (tertiary/aromatic N) is 2. The Bertz CT molecular complexity index is 818. The summed E-state index contributed by atoms with van der Waals surface area (Å²) in [6.45, 7) is 4.16. The molecule has 1 unspecified atom stereocenters. The predicted octanol–water partition coefficient (Wildman–Crippen LogP) is 1.55. The van der Waals surface area contributed by atoms with Crippen molar-refractivity contribution in [1.29, 1.82) is 0 Å². The van der Waals surface area contributed by atoms with E-state index in [1.165, 1.54) is 6.07 Å². The van der Waals surface area contributed by atoms with Crippen molar-refractivity contribution < 1.29 is 18.8 Å². The predicted molar refractivity (Wildman–Crippen MR) is 101 cm³/mol. The molecule has 0 aromatic heterocycles. The van der Waals surface area contributed by atoms with Gasteiger partial charge >= 0.3 is 6.03 Å². The van der Waals surface area contributed by atoms with Crippen LogP contribution >= 0.6 is 0 Å². The minimum absolute atomic E-state index is 0.00964. The fourth-order valence-electron chi connectivity index (χ4n) is 4.35. The first-order valence-corrected chi connectivity index (χ1v) is 9.82. The van der Waals surface area contributed by atoms with Crippen LogP contribution in [0.1, 0.15) is 31.2 Å². The van der Waals surface area contributed by atoms with Crippen molar-refractivity contribution in [2.45, 2.75) is 38.1 Å². The van der Waals surface area contributed by atoms with Gasteiger partial charge in [-0.1, -0.05) is 6.07 Å². The number of nitrogens with one attached hydrogen (secondary N) is 2. The zero-order chi connectivity index (χ0) is 19.9. The monoisotopic (exact) mass is 388 g/mol. The summed E-state index contributed by atoms with van der Waals surface area (Å²) in [6.07, 6.45) is 2.35. The van der Waals surface area contributed by atoms with Crippen LogP contribution < -0.4 is 15.5 Å². The molecule has 7 nitrogen and oxygen atoms in total. The van der Waals surface area contributed by atoms with E-state index in [-0.39, 0.29) is 30.0 Å². The molecular formula is C20H25FN4O3. The molecule has 1 aliphatic carbocycles. The molecule has 4 amide bonds. The highest BCUT2D eigenvalue weighted by Crippen LogP contribution is 2.43. The smallest absolute Gasteiger partial charge is 0.322 e. The molecule has 2 N–H and O–H groups in total. The second kappa shape index (κ2) is 7.07.